The van der Waals surface area contributed by atoms with Crippen molar-refractivity contribution in [3.63, 3.8) is 0 Å². The van der Waals surface area contributed by atoms with Crippen LogP contribution in [0.5, 0.6) is 0 Å². The molecule has 2 heterocycles. The quantitative estimate of drug-likeness (QED) is 0.808. The van der Waals surface area contributed by atoms with E-state index in [9.17, 15) is 4.79 Å². The molecule has 2 rings (SSSR count). The molecule has 112 valence electrons. The standard InChI is InChI=1S/C14H22N2O3S/c1-11(12-3-4-13(19-12)14(17)18-2)15-5-6-16-7-9-20-10-8-16/h3-4,11,15H,5-10H2,1-2H3. The van der Waals surface area contributed by atoms with E-state index in [4.69, 9.17) is 4.42 Å². The Labute approximate surface area is 124 Å². The normalized spacial score (nSPS) is 17.9. The van der Waals surface area contributed by atoms with Crippen molar-refractivity contribution in [2.24, 2.45) is 0 Å². The fourth-order valence-corrected chi connectivity index (χ4v) is 3.14. The van der Waals surface area contributed by atoms with E-state index in [1.165, 1.54) is 31.7 Å². The van der Waals surface area contributed by atoms with Crippen molar-refractivity contribution >= 4 is 17.7 Å². The van der Waals surface area contributed by atoms with Gasteiger partial charge in [0, 0.05) is 37.7 Å². The summed E-state index contributed by atoms with van der Waals surface area (Å²) in [5.74, 6) is 3.05. The van der Waals surface area contributed by atoms with Crippen molar-refractivity contribution in [3.05, 3.63) is 23.7 Å². The predicted octanol–water partition coefficient (Wildman–Crippen LogP) is 1.77. The summed E-state index contributed by atoms with van der Waals surface area (Å²) >= 11 is 2.02. The number of ether oxygens (including phenoxy) is 1. The van der Waals surface area contributed by atoms with Crippen LogP contribution in [0.3, 0.4) is 0 Å². The number of carbonyl (C=O) groups is 1. The molecule has 1 saturated heterocycles. The number of carbonyl (C=O) groups excluding carboxylic acids is 1. The van der Waals surface area contributed by atoms with Gasteiger partial charge in [-0.15, -0.1) is 0 Å². The highest BCUT2D eigenvalue weighted by Gasteiger charge is 2.15. The van der Waals surface area contributed by atoms with Crippen molar-refractivity contribution in [1.82, 2.24) is 10.2 Å². The summed E-state index contributed by atoms with van der Waals surface area (Å²) < 4.78 is 10.1. The van der Waals surface area contributed by atoms with Gasteiger partial charge in [0.05, 0.1) is 13.2 Å². The van der Waals surface area contributed by atoms with Gasteiger partial charge in [0.1, 0.15) is 5.76 Å². The zero-order chi connectivity index (χ0) is 14.4. The van der Waals surface area contributed by atoms with Crippen LogP contribution in [0.4, 0.5) is 0 Å². The van der Waals surface area contributed by atoms with Crippen LogP contribution in [0.15, 0.2) is 16.5 Å². The average Bonchev–Trinajstić information content (AvgIpc) is 2.97. The molecule has 0 radical (unpaired) electrons. The third-order valence-corrected chi connectivity index (χ3v) is 4.36. The number of rotatable bonds is 6. The minimum Gasteiger partial charge on any atom is -0.463 e. The van der Waals surface area contributed by atoms with Crippen LogP contribution < -0.4 is 5.32 Å². The molecular formula is C14H22N2O3S. The van der Waals surface area contributed by atoms with Gasteiger partial charge in [-0.3, -0.25) is 0 Å². The number of esters is 1. The van der Waals surface area contributed by atoms with Gasteiger partial charge in [0.15, 0.2) is 0 Å². The highest BCUT2D eigenvalue weighted by Crippen LogP contribution is 2.16. The lowest BCUT2D eigenvalue weighted by atomic mass is 10.2. The van der Waals surface area contributed by atoms with E-state index in [2.05, 4.69) is 15.0 Å². The third kappa shape index (κ3) is 4.26. The molecule has 6 heteroatoms. The van der Waals surface area contributed by atoms with Gasteiger partial charge in [0.25, 0.3) is 0 Å². The SMILES string of the molecule is COC(=O)c1ccc(C(C)NCCN2CCSCC2)o1. The maximum Gasteiger partial charge on any atom is 0.373 e. The van der Waals surface area contributed by atoms with Crippen LogP contribution in [0.25, 0.3) is 0 Å². The number of methoxy groups -OCH3 is 1. The highest BCUT2D eigenvalue weighted by atomic mass is 32.2. The van der Waals surface area contributed by atoms with Gasteiger partial charge in [-0.1, -0.05) is 0 Å². The van der Waals surface area contributed by atoms with E-state index in [1.807, 2.05) is 24.8 Å². The van der Waals surface area contributed by atoms with Crippen molar-refractivity contribution < 1.29 is 13.9 Å². The Morgan fingerprint density at radius 2 is 2.25 bits per heavy atom. The van der Waals surface area contributed by atoms with Crippen molar-refractivity contribution in [3.8, 4) is 0 Å². The van der Waals surface area contributed by atoms with E-state index in [-0.39, 0.29) is 11.8 Å². The summed E-state index contributed by atoms with van der Waals surface area (Å²) in [7, 11) is 1.35. The molecule has 5 nitrogen and oxygen atoms in total. The lowest BCUT2D eigenvalue weighted by Gasteiger charge is -2.26. The van der Waals surface area contributed by atoms with Gasteiger partial charge in [0.2, 0.25) is 5.76 Å². The van der Waals surface area contributed by atoms with Crippen LogP contribution in [0.2, 0.25) is 0 Å². The van der Waals surface area contributed by atoms with Crippen LogP contribution in [-0.4, -0.2) is 55.7 Å². The van der Waals surface area contributed by atoms with Crippen LogP contribution in [-0.2, 0) is 4.74 Å². The van der Waals surface area contributed by atoms with E-state index >= 15 is 0 Å². The number of hydrogen-bond donors (Lipinski definition) is 1. The van der Waals surface area contributed by atoms with Crippen molar-refractivity contribution in [2.75, 3.05) is 44.8 Å². The van der Waals surface area contributed by atoms with Gasteiger partial charge in [-0.05, 0) is 19.1 Å². The molecule has 1 aromatic rings. The first-order chi connectivity index (χ1) is 9.70. The number of thioether (sulfide) groups is 1. The minimum atomic E-state index is -0.436. The summed E-state index contributed by atoms with van der Waals surface area (Å²) in [6.07, 6.45) is 0. The van der Waals surface area contributed by atoms with Crippen LogP contribution in [0, 0.1) is 0 Å². The summed E-state index contributed by atoms with van der Waals surface area (Å²) in [6.45, 7) is 6.35. The molecule has 0 aliphatic carbocycles. The molecule has 1 atom stereocenters. The van der Waals surface area contributed by atoms with Crippen molar-refractivity contribution in [1.29, 1.82) is 0 Å². The Morgan fingerprint density at radius 1 is 1.50 bits per heavy atom. The zero-order valence-corrected chi connectivity index (χ0v) is 12.9. The second-order valence-corrected chi connectivity index (χ2v) is 6.05. The van der Waals surface area contributed by atoms with E-state index in [0.29, 0.717) is 0 Å². The first-order valence-corrected chi connectivity index (χ1v) is 8.07. The fraction of sp³-hybridized carbons (Fsp3) is 0.643. The smallest absolute Gasteiger partial charge is 0.373 e. The molecule has 1 fully saturated rings. The van der Waals surface area contributed by atoms with Crippen LogP contribution >= 0.6 is 11.8 Å². The first-order valence-electron chi connectivity index (χ1n) is 6.92. The highest BCUT2D eigenvalue weighted by molar-refractivity contribution is 7.99. The molecule has 1 N–H and O–H groups in total. The summed E-state index contributed by atoms with van der Waals surface area (Å²) in [6, 6.07) is 3.57. The number of nitrogens with zero attached hydrogens (tertiary/aromatic N) is 1. The summed E-state index contributed by atoms with van der Waals surface area (Å²) in [5, 5.41) is 3.42. The van der Waals surface area contributed by atoms with E-state index in [0.717, 1.165) is 18.8 Å². The molecule has 1 unspecified atom stereocenters. The fourth-order valence-electron chi connectivity index (χ4n) is 2.16. The molecule has 0 aromatic carbocycles. The molecule has 1 aliphatic rings. The maximum absolute atomic E-state index is 11.3. The topological polar surface area (TPSA) is 54.7 Å². The Bertz CT molecular complexity index is 430. The molecule has 0 saturated carbocycles. The number of hydrogen-bond acceptors (Lipinski definition) is 6. The summed E-state index contributed by atoms with van der Waals surface area (Å²) in [5.41, 5.74) is 0. The maximum atomic E-state index is 11.3. The third-order valence-electron chi connectivity index (χ3n) is 3.42. The second-order valence-electron chi connectivity index (χ2n) is 4.82. The van der Waals surface area contributed by atoms with E-state index < -0.39 is 5.97 Å². The van der Waals surface area contributed by atoms with Gasteiger partial charge in [-0.25, -0.2) is 4.79 Å². The molecule has 0 bridgehead atoms. The zero-order valence-electron chi connectivity index (χ0n) is 12.1. The van der Waals surface area contributed by atoms with Gasteiger partial charge >= 0.3 is 5.97 Å². The Morgan fingerprint density at radius 3 is 2.95 bits per heavy atom. The lowest BCUT2D eigenvalue weighted by molar-refractivity contribution is 0.0562. The molecule has 1 aromatic heterocycles. The Hall–Kier alpha value is -0.980. The molecular weight excluding hydrogens is 276 g/mol. The number of nitrogens with one attached hydrogen (secondary N) is 1. The van der Waals surface area contributed by atoms with Crippen molar-refractivity contribution in [2.45, 2.75) is 13.0 Å². The predicted molar refractivity (Wildman–Crippen MR) is 80.2 cm³/mol. The molecule has 20 heavy (non-hydrogen) atoms. The average molecular weight is 298 g/mol. The molecule has 0 spiro atoms. The van der Waals surface area contributed by atoms with Gasteiger partial charge < -0.3 is 19.4 Å². The second kappa shape index (κ2) is 7.71. The molecule has 0 amide bonds. The van der Waals surface area contributed by atoms with Gasteiger partial charge in [-0.2, -0.15) is 11.8 Å². The Kier molecular flexibility index (Phi) is 5.94. The molecule has 1 aliphatic heterocycles. The monoisotopic (exact) mass is 298 g/mol. The lowest BCUT2D eigenvalue weighted by Crippen LogP contribution is -2.38. The first kappa shape index (κ1) is 15.4. The van der Waals surface area contributed by atoms with Crippen LogP contribution in [0.1, 0.15) is 29.3 Å². The van der Waals surface area contributed by atoms with E-state index in [1.54, 1.807) is 6.07 Å². The summed E-state index contributed by atoms with van der Waals surface area (Å²) in [4.78, 5) is 13.8. The minimum absolute atomic E-state index is 0.0903. The Balaban J connectivity index is 1.75. The number of furan rings is 1. The largest absolute Gasteiger partial charge is 0.463 e.